The van der Waals surface area contributed by atoms with Gasteiger partial charge in [0.25, 0.3) is 0 Å². The fourth-order valence-electron chi connectivity index (χ4n) is 1.17. The number of thiophene rings is 1. The predicted octanol–water partition coefficient (Wildman–Crippen LogP) is 2.04. The molecule has 0 saturated carbocycles. The summed E-state index contributed by atoms with van der Waals surface area (Å²) in [6, 6.07) is 1.97. The number of amides is 1. The number of halogens is 1. The molecule has 1 atom stereocenters. The molecule has 0 bridgehead atoms. The van der Waals surface area contributed by atoms with Crippen molar-refractivity contribution in [1.29, 1.82) is 0 Å². The van der Waals surface area contributed by atoms with E-state index in [9.17, 15) is 4.79 Å². The average molecular weight is 291 g/mol. The van der Waals surface area contributed by atoms with E-state index in [1.807, 2.05) is 6.92 Å². The first-order valence-electron chi connectivity index (χ1n) is 4.74. The summed E-state index contributed by atoms with van der Waals surface area (Å²) in [5.41, 5.74) is 1.24. The second-order valence-electron chi connectivity index (χ2n) is 3.39. The summed E-state index contributed by atoms with van der Waals surface area (Å²) in [6.45, 7) is 4.65. The summed E-state index contributed by atoms with van der Waals surface area (Å²) in [6.07, 6.45) is 0. The Kier molecular flexibility index (Phi) is 4.76. The van der Waals surface area contributed by atoms with Crippen LogP contribution < -0.4 is 10.6 Å². The van der Waals surface area contributed by atoms with Gasteiger partial charge in [-0.3, -0.25) is 4.79 Å². The number of carbonyl (C=O) groups excluding carboxylic acids is 1. The van der Waals surface area contributed by atoms with Crippen molar-refractivity contribution in [2.75, 3.05) is 7.05 Å². The van der Waals surface area contributed by atoms with Crippen molar-refractivity contribution in [3.8, 4) is 0 Å². The topological polar surface area (TPSA) is 41.1 Å². The lowest BCUT2D eigenvalue weighted by Crippen LogP contribution is -2.40. The van der Waals surface area contributed by atoms with Crippen LogP contribution in [0, 0.1) is 6.92 Å². The fraction of sp³-hybridized carbons (Fsp3) is 0.500. The van der Waals surface area contributed by atoms with Gasteiger partial charge in [0.15, 0.2) is 0 Å². The summed E-state index contributed by atoms with van der Waals surface area (Å²) < 4.78 is 1.16. The van der Waals surface area contributed by atoms with Gasteiger partial charge in [-0.05, 0) is 41.4 Å². The molecule has 1 rings (SSSR count). The van der Waals surface area contributed by atoms with Crippen LogP contribution in [-0.4, -0.2) is 19.0 Å². The highest BCUT2D eigenvalue weighted by atomic mass is 79.9. The van der Waals surface area contributed by atoms with E-state index in [1.54, 1.807) is 18.4 Å². The van der Waals surface area contributed by atoms with Gasteiger partial charge in [0.1, 0.15) is 0 Å². The molecular formula is C10H15BrN2OS. The number of hydrogen-bond donors (Lipinski definition) is 2. The van der Waals surface area contributed by atoms with Crippen LogP contribution in [0.5, 0.6) is 0 Å². The third kappa shape index (κ3) is 3.59. The lowest BCUT2D eigenvalue weighted by Gasteiger charge is -2.10. The first-order chi connectivity index (χ1) is 7.04. The van der Waals surface area contributed by atoms with Gasteiger partial charge in [-0.1, -0.05) is 0 Å². The lowest BCUT2D eigenvalue weighted by atomic mass is 10.3. The molecule has 0 saturated heterocycles. The van der Waals surface area contributed by atoms with Crippen LogP contribution in [-0.2, 0) is 11.3 Å². The molecule has 0 aromatic carbocycles. The van der Waals surface area contributed by atoms with E-state index in [0.29, 0.717) is 0 Å². The van der Waals surface area contributed by atoms with E-state index in [4.69, 9.17) is 0 Å². The zero-order valence-corrected chi connectivity index (χ0v) is 11.5. The lowest BCUT2D eigenvalue weighted by molar-refractivity contribution is -0.122. The molecule has 15 heavy (non-hydrogen) atoms. The molecule has 84 valence electrons. The standard InChI is InChI=1S/C10H15BrN2OS/c1-6-4-8(15-9(6)11)5-13-7(2)10(14)12-3/h4,7,13H,5H2,1-3H3,(H,12,14)/t7-/m1/s1. The Morgan fingerprint density at radius 3 is 2.80 bits per heavy atom. The highest BCUT2D eigenvalue weighted by Crippen LogP contribution is 2.27. The van der Waals surface area contributed by atoms with Gasteiger partial charge in [-0.25, -0.2) is 0 Å². The fourth-order valence-corrected chi connectivity index (χ4v) is 2.75. The Balaban J connectivity index is 2.47. The van der Waals surface area contributed by atoms with Crippen molar-refractivity contribution in [2.24, 2.45) is 0 Å². The number of hydrogen-bond acceptors (Lipinski definition) is 3. The summed E-state index contributed by atoms with van der Waals surface area (Å²) in [5.74, 6) is 0.0161. The quantitative estimate of drug-likeness (QED) is 0.891. The zero-order chi connectivity index (χ0) is 11.4. The van der Waals surface area contributed by atoms with E-state index < -0.39 is 0 Å². The maximum atomic E-state index is 11.2. The van der Waals surface area contributed by atoms with Crippen molar-refractivity contribution in [3.05, 3.63) is 20.3 Å². The number of nitrogens with one attached hydrogen (secondary N) is 2. The highest BCUT2D eigenvalue weighted by Gasteiger charge is 2.10. The summed E-state index contributed by atoms with van der Waals surface area (Å²) in [5, 5.41) is 5.78. The van der Waals surface area contributed by atoms with E-state index in [2.05, 4.69) is 39.6 Å². The zero-order valence-electron chi connectivity index (χ0n) is 9.06. The summed E-state index contributed by atoms with van der Waals surface area (Å²) in [7, 11) is 1.65. The Hall–Kier alpha value is -0.390. The minimum atomic E-state index is -0.156. The molecule has 0 aliphatic heterocycles. The Labute approximate surface area is 102 Å². The van der Waals surface area contributed by atoms with Gasteiger partial charge < -0.3 is 10.6 Å². The van der Waals surface area contributed by atoms with Crippen LogP contribution in [0.25, 0.3) is 0 Å². The third-order valence-corrected chi connectivity index (χ3v) is 4.27. The molecule has 1 aromatic heterocycles. The molecular weight excluding hydrogens is 276 g/mol. The smallest absolute Gasteiger partial charge is 0.236 e. The molecule has 2 N–H and O–H groups in total. The number of carbonyl (C=O) groups is 1. The number of aryl methyl sites for hydroxylation is 1. The molecule has 3 nitrogen and oxygen atoms in total. The molecule has 1 aromatic rings. The van der Waals surface area contributed by atoms with Gasteiger partial charge in [0, 0.05) is 18.5 Å². The van der Waals surface area contributed by atoms with Crippen molar-refractivity contribution in [3.63, 3.8) is 0 Å². The molecule has 1 amide bonds. The first kappa shape index (κ1) is 12.7. The summed E-state index contributed by atoms with van der Waals surface area (Å²) in [4.78, 5) is 12.5. The predicted molar refractivity (Wildman–Crippen MR) is 67.1 cm³/mol. The van der Waals surface area contributed by atoms with Gasteiger partial charge in [-0.2, -0.15) is 0 Å². The van der Waals surface area contributed by atoms with Gasteiger partial charge in [0.05, 0.1) is 9.83 Å². The Morgan fingerprint density at radius 1 is 1.67 bits per heavy atom. The molecule has 0 radical (unpaired) electrons. The summed E-state index contributed by atoms with van der Waals surface area (Å²) >= 11 is 5.18. The van der Waals surface area contributed by atoms with Gasteiger partial charge in [0.2, 0.25) is 5.91 Å². The van der Waals surface area contributed by atoms with E-state index in [-0.39, 0.29) is 11.9 Å². The van der Waals surface area contributed by atoms with Gasteiger partial charge >= 0.3 is 0 Å². The SMILES string of the molecule is CNC(=O)[C@@H](C)NCc1cc(C)c(Br)s1. The van der Waals surface area contributed by atoms with Crippen molar-refractivity contribution in [1.82, 2.24) is 10.6 Å². The van der Waals surface area contributed by atoms with E-state index in [1.165, 1.54) is 10.4 Å². The van der Waals surface area contributed by atoms with Crippen LogP contribution >= 0.6 is 27.3 Å². The largest absolute Gasteiger partial charge is 0.358 e. The van der Waals surface area contributed by atoms with Crippen LogP contribution in [0.1, 0.15) is 17.4 Å². The number of rotatable bonds is 4. The molecule has 0 fully saturated rings. The molecule has 0 unspecified atom stereocenters. The minimum absolute atomic E-state index is 0.0161. The number of likely N-dealkylation sites (N-methyl/N-ethyl adjacent to an activating group) is 1. The molecule has 1 heterocycles. The Bertz CT molecular complexity index is 332. The molecule has 0 spiro atoms. The normalized spacial score (nSPS) is 12.5. The maximum absolute atomic E-state index is 11.2. The van der Waals surface area contributed by atoms with Crippen molar-refractivity contribution < 1.29 is 4.79 Å². The molecule has 5 heteroatoms. The van der Waals surface area contributed by atoms with E-state index >= 15 is 0 Å². The molecule has 0 aliphatic carbocycles. The first-order valence-corrected chi connectivity index (χ1v) is 6.35. The van der Waals surface area contributed by atoms with Crippen molar-refractivity contribution in [2.45, 2.75) is 26.4 Å². The second kappa shape index (κ2) is 5.63. The maximum Gasteiger partial charge on any atom is 0.236 e. The van der Waals surface area contributed by atoms with Crippen molar-refractivity contribution >= 4 is 33.2 Å². The monoisotopic (exact) mass is 290 g/mol. The second-order valence-corrected chi connectivity index (χ2v) is 5.84. The van der Waals surface area contributed by atoms with Crippen LogP contribution in [0.3, 0.4) is 0 Å². The van der Waals surface area contributed by atoms with Crippen LogP contribution in [0.15, 0.2) is 9.85 Å². The van der Waals surface area contributed by atoms with Gasteiger partial charge in [-0.15, -0.1) is 11.3 Å². The molecule has 0 aliphatic rings. The van der Waals surface area contributed by atoms with Crippen LogP contribution in [0.4, 0.5) is 0 Å². The average Bonchev–Trinajstić information content (AvgIpc) is 2.54. The Morgan fingerprint density at radius 2 is 2.33 bits per heavy atom. The third-order valence-electron chi connectivity index (χ3n) is 2.13. The highest BCUT2D eigenvalue weighted by molar-refractivity contribution is 9.11. The van der Waals surface area contributed by atoms with E-state index in [0.717, 1.165) is 10.3 Å². The minimum Gasteiger partial charge on any atom is -0.358 e. The van der Waals surface area contributed by atoms with Crippen LogP contribution in [0.2, 0.25) is 0 Å².